The van der Waals surface area contributed by atoms with Gasteiger partial charge in [-0.15, -0.1) is 11.3 Å². The summed E-state index contributed by atoms with van der Waals surface area (Å²) < 4.78 is 5.36. The highest BCUT2D eigenvalue weighted by Gasteiger charge is 2.32. The molecule has 1 N–H and O–H groups in total. The first kappa shape index (κ1) is 15.5. The molecule has 0 aromatic carbocycles. The van der Waals surface area contributed by atoms with Gasteiger partial charge in [0.2, 0.25) is 5.91 Å². The van der Waals surface area contributed by atoms with Crippen LogP contribution in [0.3, 0.4) is 0 Å². The second kappa shape index (κ2) is 6.82. The van der Waals surface area contributed by atoms with Crippen LogP contribution in [0.1, 0.15) is 66.2 Å². The predicted molar refractivity (Wildman–Crippen MR) is 87.5 cm³/mol. The van der Waals surface area contributed by atoms with E-state index in [4.69, 9.17) is 4.74 Å². The molecule has 2 aliphatic rings. The second-order valence-corrected chi connectivity index (χ2v) is 7.27. The fraction of sp³-hybridized carbons (Fsp3) is 0.647. The van der Waals surface area contributed by atoms with E-state index in [0.717, 1.165) is 50.5 Å². The fourth-order valence-corrected chi connectivity index (χ4v) is 4.15. The SMILES string of the molecule is CCCOC(=O)c1c(NC(=O)C2CC2)sc2c1CCCCC2. The maximum atomic E-state index is 12.5. The van der Waals surface area contributed by atoms with Crippen molar-refractivity contribution in [2.75, 3.05) is 11.9 Å². The number of amides is 1. The van der Waals surface area contributed by atoms with E-state index < -0.39 is 0 Å². The number of ether oxygens (including phenoxy) is 1. The number of hydrogen-bond acceptors (Lipinski definition) is 4. The number of carbonyl (C=O) groups is 2. The van der Waals surface area contributed by atoms with E-state index in [-0.39, 0.29) is 17.8 Å². The van der Waals surface area contributed by atoms with Gasteiger partial charge in [0.1, 0.15) is 5.00 Å². The largest absolute Gasteiger partial charge is 0.462 e. The molecule has 0 spiro atoms. The Morgan fingerprint density at radius 2 is 2.00 bits per heavy atom. The monoisotopic (exact) mass is 321 g/mol. The van der Waals surface area contributed by atoms with Gasteiger partial charge in [0.05, 0.1) is 12.2 Å². The number of esters is 1. The minimum Gasteiger partial charge on any atom is -0.462 e. The molecular formula is C17H23NO3S. The molecule has 4 nitrogen and oxygen atoms in total. The molecule has 0 atom stereocenters. The van der Waals surface area contributed by atoms with Crippen LogP contribution in [-0.4, -0.2) is 18.5 Å². The van der Waals surface area contributed by atoms with Crippen LogP contribution in [0.2, 0.25) is 0 Å². The first-order valence-electron chi connectivity index (χ1n) is 8.33. The van der Waals surface area contributed by atoms with E-state index in [9.17, 15) is 9.59 Å². The number of thiophene rings is 1. The summed E-state index contributed by atoms with van der Waals surface area (Å²) >= 11 is 1.58. The van der Waals surface area contributed by atoms with Gasteiger partial charge in [0, 0.05) is 10.8 Å². The quantitative estimate of drug-likeness (QED) is 0.660. The van der Waals surface area contributed by atoms with Crippen molar-refractivity contribution in [3.63, 3.8) is 0 Å². The summed E-state index contributed by atoms with van der Waals surface area (Å²) in [6, 6.07) is 0. The summed E-state index contributed by atoms with van der Waals surface area (Å²) in [4.78, 5) is 25.8. The molecule has 2 aliphatic carbocycles. The molecule has 1 heterocycles. The Morgan fingerprint density at radius 3 is 2.73 bits per heavy atom. The molecule has 1 fully saturated rings. The van der Waals surface area contributed by atoms with Gasteiger partial charge in [0.15, 0.2) is 0 Å². The van der Waals surface area contributed by atoms with Gasteiger partial charge in [-0.05, 0) is 50.5 Å². The molecule has 1 saturated carbocycles. The lowest BCUT2D eigenvalue weighted by molar-refractivity contribution is -0.117. The third-order valence-corrected chi connectivity index (χ3v) is 5.45. The van der Waals surface area contributed by atoms with E-state index in [2.05, 4.69) is 5.32 Å². The Hall–Kier alpha value is -1.36. The molecule has 0 bridgehead atoms. The van der Waals surface area contributed by atoms with E-state index in [0.29, 0.717) is 17.2 Å². The van der Waals surface area contributed by atoms with E-state index in [1.54, 1.807) is 11.3 Å². The normalized spacial score (nSPS) is 17.5. The lowest BCUT2D eigenvalue weighted by atomic mass is 10.1. The molecule has 0 radical (unpaired) electrons. The van der Waals surface area contributed by atoms with Crippen LogP contribution in [-0.2, 0) is 22.4 Å². The zero-order valence-corrected chi connectivity index (χ0v) is 13.9. The lowest BCUT2D eigenvalue weighted by Gasteiger charge is -2.08. The minimum absolute atomic E-state index is 0.0564. The van der Waals surface area contributed by atoms with Crippen molar-refractivity contribution in [1.29, 1.82) is 0 Å². The van der Waals surface area contributed by atoms with Gasteiger partial charge in [-0.1, -0.05) is 13.3 Å². The third-order valence-electron chi connectivity index (χ3n) is 4.25. The molecule has 1 aromatic rings. The number of hydrogen-bond donors (Lipinski definition) is 1. The Bertz CT molecular complexity index is 575. The second-order valence-electron chi connectivity index (χ2n) is 6.17. The van der Waals surface area contributed by atoms with Crippen LogP contribution < -0.4 is 5.32 Å². The van der Waals surface area contributed by atoms with Crippen LogP contribution in [0, 0.1) is 5.92 Å². The Morgan fingerprint density at radius 1 is 1.23 bits per heavy atom. The Kier molecular flexibility index (Phi) is 4.81. The summed E-state index contributed by atoms with van der Waals surface area (Å²) in [5, 5.41) is 3.70. The first-order valence-corrected chi connectivity index (χ1v) is 9.15. The molecule has 3 rings (SSSR count). The van der Waals surface area contributed by atoms with E-state index >= 15 is 0 Å². The number of rotatable bonds is 5. The highest BCUT2D eigenvalue weighted by Crippen LogP contribution is 2.39. The highest BCUT2D eigenvalue weighted by molar-refractivity contribution is 7.17. The van der Waals surface area contributed by atoms with Gasteiger partial charge in [-0.25, -0.2) is 4.79 Å². The van der Waals surface area contributed by atoms with Crippen molar-refractivity contribution in [3.05, 3.63) is 16.0 Å². The standard InChI is InChI=1S/C17H23NO3S/c1-2-10-21-17(20)14-12-6-4-3-5-7-13(12)22-16(14)18-15(19)11-8-9-11/h11H,2-10H2,1H3,(H,18,19). The molecule has 5 heteroatoms. The van der Waals surface area contributed by atoms with Gasteiger partial charge >= 0.3 is 5.97 Å². The maximum Gasteiger partial charge on any atom is 0.341 e. The van der Waals surface area contributed by atoms with E-state index in [1.165, 1.54) is 11.3 Å². The summed E-state index contributed by atoms with van der Waals surface area (Å²) in [6.07, 6.45) is 8.13. The topological polar surface area (TPSA) is 55.4 Å². The van der Waals surface area contributed by atoms with Crippen LogP contribution in [0.15, 0.2) is 0 Å². The third kappa shape index (κ3) is 3.35. The molecule has 22 heavy (non-hydrogen) atoms. The highest BCUT2D eigenvalue weighted by atomic mass is 32.1. The Labute approximate surface area is 135 Å². The van der Waals surface area contributed by atoms with Crippen molar-refractivity contribution in [2.45, 2.75) is 58.3 Å². The molecule has 0 saturated heterocycles. The Balaban J connectivity index is 1.89. The fourth-order valence-electron chi connectivity index (χ4n) is 2.87. The number of fused-ring (bicyclic) bond motifs is 1. The zero-order chi connectivity index (χ0) is 15.5. The van der Waals surface area contributed by atoms with Crippen LogP contribution >= 0.6 is 11.3 Å². The molecule has 1 aromatic heterocycles. The molecule has 0 aliphatic heterocycles. The summed E-state index contributed by atoms with van der Waals surface area (Å²) in [7, 11) is 0. The number of anilines is 1. The average Bonchev–Trinajstić information content (AvgIpc) is 3.31. The van der Waals surface area contributed by atoms with Crippen LogP contribution in [0.4, 0.5) is 5.00 Å². The van der Waals surface area contributed by atoms with Crippen molar-refractivity contribution in [2.24, 2.45) is 5.92 Å². The van der Waals surface area contributed by atoms with Crippen LogP contribution in [0.5, 0.6) is 0 Å². The molecule has 120 valence electrons. The maximum absolute atomic E-state index is 12.5. The van der Waals surface area contributed by atoms with Gasteiger partial charge < -0.3 is 10.1 Å². The van der Waals surface area contributed by atoms with E-state index in [1.807, 2.05) is 6.92 Å². The summed E-state index contributed by atoms with van der Waals surface area (Å²) in [5.41, 5.74) is 1.75. The van der Waals surface area contributed by atoms with Crippen LogP contribution in [0.25, 0.3) is 0 Å². The first-order chi connectivity index (χ1) is 10.7. The van der Waals surface area contributed by atoms with Gasteiger partial charge in [-0.3, -0.25) is 4.79 Å². The average molecular weight is 321 g/mol. The molecule has 1 amide bonds. The summed E-state index contributed by atoms with van der Waals surface area (Å²) in [6.45, 7) is 2.41. The van der Waals surface area contributed by atoms with Gasteiger partial charge in [-0.2, -0.15) is 0 Å². The van der Waals surface area contributed by atoms with Gasteiger partial charge in [0.25, 0.3) is 0 Å². The predicted octanol–water partition coefficient (Wildman–Crippen LogP) is 3.93. The smallest absolute Gasteiger partial charge is 0.341 e. The van der Waals surface area contributed by atoms with Crippen molar-refractivity contribution in [1.82, 2.24) is 0 Å². The lowest BCUT2D eigenvalue weighted by Crippen LogP contribution is -2.16. The summed E-state index contributed by atoms with van der Waals surface area (Å²) in [5.74, 6) is -0.0743. The van der Waals surface area contributed by atoms with Crippen molar-refractivity contribution >= 4 is 28.2 Å². The van der Waals surface area contributed by atoms with Crippen molar-refractivity contribution in [3.8, 4) is 0 Å². The van der Waals surface area contributed by atoms with Crippen molar-refractivity contribution < 1.29 is 14.3 Å². The minimum atomic E-state index is -0.271. The molecule has 0 unspecified atom stereocenters. The number of aryl methyl sites for hydroxylation is 1. The number of nitrogens with one attached hydrogen (secondary N) is 1. The number of carbonyl (C=O) groups excluding carboxylic acids is 2. The zero-order valence-electron chi connectivity index (χ0n) is 13.1. The molecular weight excluding hydrogens is 298 g/mol.